The molecule has 4 rings (SSSR count). The Morgan fingerprint density at radius 1 is 0.840 bits per heavy atom. The van der Waals surface area contributed by atoms with Crippen LogP contribution >= 0.6 is 23.4 Å². The number of para-hydroxylation sites is 2. The summed E-state index contributed by atoms with van der Waals surface area (Å²) in [5, 5.41) is 0.768. The second-order valence-corrected chi connectivity index (χ2v) is 7.37. The van der Waals surface area contributed by atoms with E-state index < -0.39 is 0 Å². The normalized spacial score (nSPS) is 12.4. The van der Waals surface area contributed by atoms with Gasteiger partial charge in [-0.05, 0) is 48.9 Å². The van der Waals surface area contributed by atoms with Gasteiger partial charge in [0.1, 0.15) is 5.75 Å². The van der Waals surface area contributed by atoms with Crippen molar-refractivity contribution in [3.63, 3.8) is 0 Å². The summed E-state index contributed by atoms with van der Waals surface area (Å²) in [6, 6.07) is 24.6. The summed E-state index contributed by atoms with van der Waals surface area (Å²) < 4.78 is 5.84. The molecule has 0 aromatic heterocycles. The highest BCUT2D eigenvalue weighted by Crippen LogP contribution is 2.48. The predicted molar refractivity (Wildman–Crippen MR) is 106 cm³/mol. The molecule has 0 fully saturated rings. The lowest BCUT2D eigenvalue weighted by Crippen LogP contribution is -2.23. The summed E-state index contributed by atoms with van der Waals surface area (Å²) >= 11 is 8.05. The van der Waals surface area contributed by atoms with Crippen LogP contribution in [0, 0.1) is 0 Å². The van der Waals surface area contributed by atoms with Gasteiger partial charge in [-0.3, -0.25) is 0 Å². The zero-order valence-electron chi connectivity index (χ0n) is 13.7. The smallest absolute Gasteiger partial charge is 0.119 e. The van der Waals surface area contributed by atoms with Crippen molar-refractivity contribution in [2.75, 3.05) is 18.1 Å². The minimum Gasteiger partial charge on any atom is -0.494 e. The highest BCUT2D eigenvalue weighted by atomic mass is 35.5. The molecule has 0 radical (unpaired) electrons. The molecule has 0 N–H and O–H groups in total. The summed E-state index contributed by atoms with van der Waals surface area (Å²) in [5.74, 6) is 0.917. The molecule has 0 saturated heterocycles. The summed E-state index contributed by atoms with van der Waals surface area (Å²) in [4.78, 5) is 4.87. The molecule has 0 aliphatic carbocycles. The zero-order chi connectivity index (χ0) is 17.1. The van der Waals surface area contributed by atoms with Gasteiger partial charge in [0.05, 0.1) is 18.0 Å². The molecule has 1 aliphatic rings. The van der Waals surface area contributed by atoms with Crippen molar-refractivity contribution in [2.45, 2.75) is 16.2 Å². The number of hydrogen-bond donors (Lipinski definition) is 0. The van der Waals surface area contributed by atoms with Gasteiger partial charge in [-0.2, -0.15) is 0 Å². The van der Waals surface area contributed by atoms with E-state index in [4.69, 9.17) is 16.3 Å². The van der Waals surface area contributed by atoms with Crippen LogP contribution in [0.25, 0.3) is 0 Å². The Balaban J connectivity index is 1.51. The zero-order valence-corrected chi connectivity index (χ0v) is 15.3. The molecule has 0 saturated carbocycles. The third-order valence-corrected chi connectivity index (χ3v) is 5.49. The van der Waals surface area contributed by atoms with Crippen LogP contribution in [0.1, 0.15) is 6.42 Å². The molecule has 4 heteroatoms. The molecule has 3 aromatic carbocycles. The van der Waals surface area contributed by atoms with Gasteiger partial charge in [0.2, 0.25) is 0 Å². The van der Waals surface area contributed by atoms with E-state index in [1.165, 1.54) is 21.2 Å². The first-order valence-corrected chi connectivity index (χ1v) is 9.52. The van der Waals surface area contributed by atoms with Gasteiger partial charge in [-0.1, -0.05) is 53.7 Å². The molecule has 0 amide bonds. The van der Waals surface area contributed by atoms with Crippen LogP contribution in [0.5, 0.6) is 5.75 Å². The molecule has 0 unspecified atom stereocenters. The van der Waals surface area contributed by atoms with Gasteiger partial charge in [-0.15, -0.1) is 0 Å². The lowest BCUT2D eigenvalue weighted by atomic mass is 10.2. The Labute approximate surface area is 157 Å². The first kappa shape index (κ1) is 16.4. The first-order chi connectivity index (χ1) is 12.3. The van der Waals surface area contributed by atoms with Gasteiger partial charge < -0.3 is 9.64 Å². The van der Waals surface area contributed by atoms with E-state index >= 15 is 0 Å². The maximum Gasteiger partial charge on any atom is 0.119 e. The quantitative estimate of drug-likeness (QED) is 0.483. The van der Waals surface area contributed by atoms with Crippen LogP contribution in [0.2, 0.25) is 5.02 Å². The minimum absolute atomic E-state index is 0.686. The van der Waals surface area contributed by atoms with E-state index in [2.05, 4.69) is 41.3 Å². The highest BCUT2D eigenvalue weighted by Gasteiger charge is 2.23. The fourth-order valence-corrected chi connectivity index (χ4v) is 4.22. The number of halogens is 1. The predicted octanol–water partition coefficient (Wildman–Crippen LogP) is 6.41. The van der Waals surface area contributed by atoms with Gasteiger partial charge in [0.15, 0.2) is 0 Å². The lowest BCUT2D eigenvalue weighted by molar-refractivity contribution is 0.313. The Kier molecular flexibility index (Phi) is 4.86. The van der Waals surface area contributed by atoms with Crippen LogP contribution < -0.4 is 9.64 Å². The molecular formula is C21H18ClNOS. The highest BCUT2D eigenvalue weighted by molar-refractivity contribution is 7.99. The van der Waals surface area contributed by atoms with Gasteiger partial charge in [0.25, 0.3) is 0 Å². The maximum absolute atomic E-state index is 6.25. The van der Waals surface area contributed by atoms with E-state index in [0.717, 1.165) is 23.7 Å². The van der Waals surface area contributed by atoms with Crippen molar-refractivity contribution in [2.24, 2.45) is 0 Å². The third-order valence-electron chi connectivity index (χ3n) is 4.13. The molecule has 126 valence electrons. The summed E-state index contributed by atoms with van der Waals surface area (Å²) in [6.45, 7) is 1.57. The number of anilines is 2. The molecule has 3 aromatic rings. The molecule has 1 heterocycles. The number of fused-ring (bicyclic) bond motifs is 2. The Hall–Kier alpha value is -2.10. The second-order valence-electron chi connectivity index (χ2n) is 5.85. The van der Waals surface area contributed by atoms with E-state index in [0.29, 0.717) is 6.61 Å². The molecule has 2 nitrogen and oxygen atoms in total. The number of nitrogens with zero attached hydrogens (tertiary/aromatic N) is 1. The average molecular weight is 368 g/mol. The van der Waals surface area contributed by atoms with Gasteiger partial charge in [-0.25, -0.2) is 0 Å². The van der Waals surface area contributed by atoms with Crippen molar-refractivity contribution in [1.29, 1.82) is 0 Å². The van der Waals surface area contributed by atoms with Crippen LogP contribution in [0.4, 0.5) is 11.4 Å². The molecular weight excluding hydrogens is 350 g/mol. The van der Waals surface area contributed by atoms with Crippen LogP contribution in [0.3, 0.4) is 0 Å². The standard InChI is InChI=1S/C21H18ClNOS/c22-16-11-12-21-19(15-16)23(18-9-4-5-10-20(18)25-21)13-6-14-24-17-7-2-1-3-8-17/h1-5,7-12,15H,6,13-14H2. The molecule has 0 bridgehead atoms. The fourth-order valence-electron chi connectivity index (χ4n) is 2.97. The Bertz CT molecular complexity index is 869. The van der Waals surface area contributed by atoms with Crippen LogP contribution in [-0.4, -0.2) is 13.2 Å². The number of ether oxygens (including phenoxy) is 1. The van der Waals surface area contributed by atoms with Crippen molar-refractivity contribution in [3.8, 4) is 5.75 Å². The number of benzene rings is 3. The third kappa shape index (κ3) is 3.63. The topological polar surface area (TPSA) is 12.5 Å². The van der Waals surface area contributed by atoms with Crippen LogP contribution in [-0.2, 0) is 0 Å². The molecule has 0 spiro atoms. The Morgan fingerprint density at radius 3 is 2.48 bits per heavy atom. The van der Waals surface area contributed by atoms with E-state index in [1.807, 2.05) is 36.4 Å². The number of rotatable bonds is 5. The fraction of sp³-hybridized carbons (Fsp3) is 0.143. The monoisotopic (exact) mass is 367 g/mol. The second kappa shape index (κ2) is 7.42. The number of hydrogen-bond acceptors (Lipinski definition) is 3. The van der Waals surface area contributed by atoms with Crippen molar-refractivity contribution >= 4 is 34.7 Å². The largest absolute Gasteiger partial charge is 0.494 e. The molecule has 1 aliphatic heterocycles. The molecule has 0 atom stereocenters. The maximum atomic E-state index is 6.25. The lowest BCUT2D eigenvalue weighted by Gasteiger charge is -2.33. The molecule has 25 heavy (non-hydrogen) atoms. The van der Waals surface area contributed by atoms with Crippen molar-refractivity contribution in [3.05, 3.63) is 77.8 Å². The first-order valence-electron chi connectivity index (χ1n) is 8.33. The van der Waals surface area contributed by atoms with Gasteiger partial charge >= 0.3 is 0 Å². The van der Waals surface area contributed by atoms with Crippen molar-refractivity contribution in [1.82, 2.24) is 0 Å². The summed E-state index contributed by atoms with van der Waals surface area (Å²) in [5.41, 5.74) is 2.41. The van der Waals surface area contributed by atoms with Gasteiger partial charge in [0, 0.05) is 21.4 Å². The summed E-state index contributed by atoms with van der Waals surface area (Å²) in [6.07, 6.45) is 0.930. The van der Waals surface area contributed by atoms with E-state index in [1.54, 1.807) is 11.8 Å². The SMILES string of the molecule is Clc1ccc2c(c1)N(CCCOc1ccccc1)c1ccccc1S2. The van der Waals surface area contributed by atoms with Crippen molar-refractivity contribution < 1.29 is 4.74 Å². The van der Waals surface area contributed by atoms with E-state index in [9.17, 15) is 0 Å². The van der Waals surface area contributed by atoms with E-state index in [-0.39, 0.29) is 0 Å². The van der Waals surface area contributed by atoms with Crippen LogP contribution in [0.15, 0.2) is 82.6 Å². The average Bonchev–Trinajstić information content (AvgIpc) is 2.65. The Morgan fingerprint density at radius 2 is 1.60 bits per heavy atom. The minimum atomic E-state index is 0.686. The summed E-state index contributed by atoms with van der Waals surface area (Å²) in [7, 11) is 0.